The van der Waals surface area contributed by atoms with Crippen molar-refractivity contribution in [1.29, 1.82) is 0 Å². The molecule has 19 rings (SSSR count). The van der Waals surface area contributed by atoms with E-state index in [1.165, 1.54) is 98.0 Å². The zero-order valence-corrected chi connectivity index (χ0v) is 48.5. The van der Waals surface area contributed by atoms with Crippen LogP contribution in [0.1, 0.15) is 0 Å². The van der Waals surface area contributed by atoms with Crippen LogP contribution in [0.15, 0.2) is 322 Å². The second-order valence-electron chi connectivity index (χ2n) is 23.9. The van der Waals surface area contributed by atoms with E-state index in [1.54, 1.807) is 0 Å². The minimum absolute atomic E-state index is 0.165. The Morgan fingerprint density at radius 3 is 1.22 bits per heavy atom. The fourth-order valence-corrected chi connectivity index (χ4v) is 15.5. The van der Waals surface area contributed by atoms with Gasteiger partial charge in [-0.05, 0) is 155 Å². The molecule has 2 aliphatic heterocycles. The Bertz CT molecular complexity index is 5620. The first kappa shape index (κ1) is 49.6. The monoisotopic (exact) mass is 1130 g/mol. The van der Waals surface area contributed by atoms with E-state index < -0.39 is 0 Å². The summed E-state index contributed by atoms with van der Waals surface area (Å²) in [6, 6.07) is 120. The third-order valence-electron chi connectivity index (χ3n) is 19.2. The first-order valence-electron chi connectivity index (χ1n) is 30.9. The zero-order valence-electron chi connectivity index (χ0n) is 48.5. The van der Waals surface area contributed by atoms with Gasteiger partial charge >= 0.3 is 0 Å². The lowest BCUT2D eigenvalue weighted by atomic mass is 9.33. The summed E-state index contributed by atoms with van der Waals surface area (Å²) in [4.78, 5) is 5.19. The molecule has 17 aromatic rings. The van der Waals surface area contributed by atoms with Crippen molar-refractivity contribution in [2.75, 3.05) is 9.80 Å². The van der Waals surface area contributed by atoms with Crippen molar-refractivity contribution < 1.29 is 0 Å². The highest BCUT2D eigenvalue weighted by atomic mass is 15.2. The summed E-state index contributed by atoms with van der Waals surface area (Å²) in [5.74, 6) is 0. The highest BCUT2D eigenvalue weighted by molar-refractivity contribution is 7.00. The average molecular weight is 1130 g/mol. The summed E-state index contributed by atoms with van der Waals surface area (Å²) in [6.45, 7) is -0.165. The number of para-hydroxylation sites is 6. The zero-order chi connectivity index (χ0) is 58.3. The second-order valence-corrected chi connectivity index (χ2v) is 23.9. The Morgan fingerprint density at radius 1 is 0.225 bits per heavy atom. The largest absolute Gasteiger partial charge is 0.311 e. The molecule has 0 aliphatic carbocycles. The van der Waals surface area contributed by atoms with E-state index in [1.807, 2.05) is 0 Å². The Labute approximate surface area is 515 Å². The molecule has 15 aromatic carbocycles. The molecule has 0 bridgehead atoms. The van der Waals surface area contributed by atoms with E-state index >= 15 is 0 Å². The molecule has 2 aromatic heterocycles. The van der Waals surface area contributed by atoms with Gasteiger partial charge < -0.3 is 18.9 Å². The standard InChI is InChI=1S/C84H53BN4/c1-3-24-55(25-4-1)62-29-13-18-38-73(62)89-78-50-58(83-69-36-11-9-34-67(69)82(68-35-10-12-37-70(68)83)57-44-43-54-23-7-8-26-56(54)49-57)45-47-71(78)85-72-48-46-60(87-74-39-19-14-30-63(74)64-31-15-20-40-75(64)87)51-79(72)86(59-27-5-2-6-28-59)80-52-61(53-81(89)84(80)85)88-76-41-21-16-32-65(76)66-33-17-22-42-77(66)88/h1-53H. The van der Waals surface area contributed by atoms with Crippen LogP contribution in [0.25, 0.3) is 121 Å². The van der Waals surface area contributed by atoms with E-state index in [0.29, 0.717) is 0 Å². The topological polar surface area (TPSA) is 16.3 Å². The summed E-state index contributed by atoms with van der Waals surface area (Å²) < 4.78 is 4.97. The van der Waals surface area contributed by atoms with Crippen LogP contribution in [0, 0.1) is 0 Å². The number of anilines is 6. The highest BCUT2D eigenvalue weighted by Crippen LogP contribution is 2.51. The molecule has 0 saturated carbocycles. The van der Waals surface area contributed by atoms with E-state index in [0.717, 1.165) is 73.2 Å². The molecule has 0 fully saturated rings. The maximum atomic E-state index is 2.63. The molecule has 0 atom stereocenters. The van der Waals surface area contributed by atoms with Crippen molar-refractivity contribution in [2.45, 2.75) is 0 Å². The summed E-state index contributed by atoms with van der Waals surface area (Å²) in [5.41, 5.74) is 24.6. The molecule has 89 heavy (non-hydrogen) atoms. The number of nitrogens with zero attached hydrogens (tertiary/aromatic N) is 4. The van der Waals surface area contributed by atoms with Gasteiger partial charge in [0, 0.05) is 61.2 Å². The molecule has 0 spiro atoms. The van der Waals surface area contributed by atoms with Crippen molar-refractivity contribution in [3.05, 3.63) is 322 Å². The Hall–Kier alpha value is -11.7. The molecule has 4 nitrogen and oxygen atoms in total. The number of hydrogen-bond donors (Lipinski definition) is 0. The van der Waals surface area contributed by atoms with Crippen LogP contribution < -0.4 is 26.2 Å². The Balaban J connectivity index is 0.942. The molecule has 0 N–H and O–H groups in total. The van der Waals surface area contributed by atoms with Gasteiger partial charge in [-0.3, -0.25) is 0 Å². The maximum absolute atomic E-state index is 2.63. The molecule has 2 aliphatic rings. The molecule has 0 saturated heterocycles. The van der Waals surface area contributed by atoms with Crippen LogP contribution in [-0.2, 0) is 0 Å². The van der Waals surface area contributed by atoms with Crippen LogP contribution in [0.5, 0.6) is 0 Å². The van der Waals surface area contributed by atoms with Gasteiger partial charge in [0.2, 0.25) is 0 Å². The minimum Gasteiger partial charge on any atom is -0.311 e. The highest BCUT2D eigenvalue weighted by Gasteiger charge is 2.45. The van der Waals surface area contributed by atoms with Crippen LogP contribution in [0.4, 0.5) is 34.1 Å². The van der Waals surface area contributed by atoms with E-state index in [2.05, 4.69) is 340 Å². The Kier molecular flexibility index (Phi) is 10.8. The molecule has 5 heteroatoms. The first-order chi connectivity index (χ1) is 44.2. The van der Waals surface area contributed by atoms with Gasteiger partial charge in [0.1, 0.15) is 0 Å². The fraction of sp³-hybridized carbons (Fsp3) is 0. The van der Waals surface area contributed by atoms with Gasteiger partial charge in [-0.25, -0.2) is 0 Å². The van der Waals surface area contributed by atoms with Crippen molar-refractivity contribution in [3.8, 4) is 44.8 Å². The van der Waals surface area contributed by atoms with Crippen molar-refractivity contribution in [2.24, 2.45) is 0 Å². The quantitative estimate of drug-likeness (QED) is 0.117. The van der Waals surface area contributed by atoms with E-state index in [9.17, 15) is 0 Å². The summed E-state index contributed by atoms with van der Waals surface area (Å²) in [5, 5.41) is 12.3. The molecule has 0 unspecified atom stereocenters. The number of hydrogen-bond acceptors (Lipinski definition) is 2. The van der Waals surface area contributed by atoms with Gasteiger partial charge in [0.25, 0.3) is 6.71 Å². The predicted octanol–water partition coefficient (Wildman–Crippen LogP) is 20.4. The molecule has 0 amide bonds. The molecular weight excluding hydrogens is 1080 g/mol. The molecular formula is C84H53BN4. The van der Waals surface area contributed by atoms with Gasteiger partial charge in [0.15, 0.2) is 0 Å². The lowest BCUT2D eigenvalue weighted by molar-refractivity contribution is 1.15. The smallest absolute Gasteiger partial charge is 0.252 e. The number of benzene rings is 15. The fourth-order valence-electron chi connectivity index (χ4n) is 15.5. The van der Waals surface area contributed by atoms with Crippen molar-refractivity contribution in [1.82, 2.24) is 9.13 Å². The SMILES string of the molecule is c1ccc(-c2ccccc2N2c3cc(-c4c5ccccc5c(-c5ccc6ccccc6c5)c5ccccc45)ccc3B3c4ccc(-n5c6ccccc6c6ccccc65)cc4N(c4ccccc4)c4cc(-n5c6ccccc6c6ccccc65)cc2c43)cc1. The number of fused-ring (bicyclic) bond motifs is 13. The second kappa shape index (κ2) is 19.4. The molecule has 4 heterocycles. The van der Waals surface area contributed by atoms with Gasteiger partial charge in [-0.15, -0.1) is 0 Å². The molecule has 412 valence electrons. The number of aromatic nitrogens is 2. The lowest BCUT2D eigenvalue weighted by Gasteiger charge is -2.45. The number of rotatable bonds is 7. The lowest BCUT2D eigenvalue weighted by Crippen LogP contribution is -2.61. The third-order valence-corrected chi connectivity index (χ3v) is 19.2. The normalized spacial score (nSPS) is 12.7. The summed E-state index contributed by atoms with van der Waals surface area (Å²) >= 11 is 0. The van der Waals surface area contributed by atoms with Crippen molar-refractivity contribution >= 4 is 133 Å². The van der Waals surface area contributed by atoms with E-state index in [-0.39, 0.29) is 6.71 Å². The van der Waals surface area contributed by atoms with Crippen LogP contribution >= 0.6 is 0 Å². The average Bonchev–Trinajstić information content (AvgIpc) is 0.990. The van der Waals surface area contributed by atoms with Gasteiger partial charge in [0.05, 0.1) is 33.4 Å². The van der Waals surface area contributed by atoms with Crippen LogP contribution in [-0.4, -0.2) is 15.8 Å². The van der Waals surface area contributed by atoms with Gasteiger partial charge in [-0.1, -0.05) is 243 Å². The Morgan fingerprint density at radius 2 is 0.640 bits per heavy atom. The minimum atomic E-state index is -0.165. The van der Waals surface area contributed by atoms with Gasteiger partial charge in [-0.2, -0.15) is 0 Å². The van der Waals surface area contributed by atoms with Crippen molar-refractivity contribution in [3.63, 3.8) is 0 Å². The van der Waals surface area contributed by atoms with Crippen LogP contribution in [0.3, 0.4) is 0 Å². The maximum Gasteiger partial charge on any atom is 0.252 e. The third kappa shape index (κ3) is 7.37. The predicted molar refractivity (Wildman–Crippen MR) is 378 cm³/mol. The molecule has 0 radical (unpaired) electrons. The van der Waals surface area contributed by atoms with E-state index in [4.69, 9.17) is 0 Å². The summed E-state index contributed by atoms with van der Waals surface area (Å²) in [6.07, 6.45) is 0. The van der Waals surface area contributed by atoms with Crippen LogP contribution in [0.2, 0.25) is 0 Å². The summed E-state index contributed by atoms with van der Waals surface area (Å²) in [7, 11) is 0. The first-order valence-corrected chi connectivity index (χ1v) is 30.9.